The summed E-state index contributed by atoms with van der Waals surface area (Å²) >= 11 is 1.38. The van der Waals surface area contributed by atoms with Gasteiger partial charge in [0.2, 0.25) is 5.91 Å². The first kappa shape index (κ1) is 15.0. The van der Waals surface area contributed by atoms with Crippen molar-refractivity contribution < 1.29 is 9.59 Å². The lowest BCUT2D eigenvalue weighted by Gasteiger charge is -2.34. The molecule has 1 aromatic heterocycles. The highest BCUT2D eigenvalue weighted by molar-refractivity contribution is 7.12. The van der Waals surface area contributed by atoms with Gasteiger partial charge in [-0.2, -0.15) is 0 Å². The molecule has 2 amide bonds. The van der Waals surface area contributed by atoms with Crippen LogP contribution >= 0.6 is 11.3 Å². The van der Waals surface area contributed by atoms with Crippen molar-refractivity contribution >= 4 is 23.2 Å². The molecule has 0 aromatic carbocycles. The Kier molecular flexibility index (Phi) is 5.17. The van der Waals surface area contributed by atoms with E-state index in [-0.39, 0.29) is 24.4 Å². The van der Waals surface area contributed by atoms with E-state index in [9.17, 15) is 9.59 Å². The average molecular weight is 294 g/mol. The SMILES string of the molecule is C[C@@H]1[C@@H](C)CCC[C@H]1NC(=O)CNC(=O)c1cccs1. The highest BCUT2D eigenvalue weighted by atomic mass is 32.1. The number of thiophene rings is 1. The fraction of sp³-hybridized carbons (Fsp3) is 0.600. The number of hydrogen-bond donors (Lipinski definition) is 2. The van der Waals surface area contributed by atoms with Crippen molar-refractivity contribution in [2.24, 2.45) is 11.8 Å². The van der Waals surface area contributed by atoms with Crippen molar-refractivity contribution in [2.45, 2.75) is 39.2 Å². The van der Waals surface area contributed by atoms with Gasteiger partial charge in [-0.1, -0.05) is 32.8 Å². The Morgan fingerprint density at radius 1 is 1.35 bits per heavy atom. The van der Waals surface area contributed by atoms with Crippen LogP contribution in [0.3, 0.4) is 0 Å². The smallest absolute Gasteiger partial charge is 0.261 e. The molecular weight excluding hydrogens is 272 g/mol. The van der Waals surface area contributed by atoms with E-state index in [0.717, 1.165) is 12.8 Å². The summed E-state index contributed by atoms with van der Waals surface area (Å²) in [6.45, 7) is 4.48. The minimum Gasteiger partial charge on any atom is -0.352 e. The van der Waals surface area contributed by atoms with Gasteiger partial charge in [-0.15, -0.1) is 11.3 Å². The summed E-state index contributed by atoms with van der Waals surface area (Å²) in [5, 5.41) is 7.56. The molecule has 4 nitrogen and oxygen atoms in total. The maximum Gasteiger partial charge on any atom is 0.261 e. The summed E-state index contributed by atoms with van der Waals surface area (Å²) in [4.78, 5) is 24.3. The fourth-order valence-electron chi connectivity index (χ4n) is 2.70. The number of hydrogen-bond acceptors (Lipinski definition) is 3. The Bertz CT molecular complexity index is 458. The predicted octanol–water partition coefficient (Wildman–Crippen LogP) is 2.42. The molecule has 0 unspecified atom stereocenters. The molecule has 1 aliphatic carbocycles. The normalized spacial score (nSPS) is 26.0. The van der Waals surface area contributed by atoms with Crippen LogP contribution in [-0.4, -0.2) is 24.4 Å². The fourth-order valence-corrected chi connectivity index (χ4v) is 3.34. The molecule has 1 saturated carbocycles. The lowest BCUT2D eigenvalue weighted by molar-refractivity contribution is -0.121. The zero-order valence-corrected chi connectivity index (χ0v) is 12.8. The zero-order chi connectivity index (χ0) is 14.5. The number of nitrogens with one attached hydrogen (secondary N) is 2. The van der Waals surface area contributed by atoms with Gasteiger partial charge in [0.15, 0.2) is 0 Å². The molecule has 2 N–H and O–H groups in total. The quantitative estimate of drug-likeness (QED) is 0.896. The van der Waals surface area contributed by atoms with Gasteiger partial charge < -0.3 is 10.6 Å². The molecule has 1 aromatic rings. The minimum atomic E-state index is -0.180. The van der Waals surface area contributed by atoms with Crippen LogP contribution in [0.2, 0.25) is 0 Å². The van der Waals surface area contributed by atoms with Crippen molar-refractivity contribution in [3.05, 3.63) is 22.4 Å². The molecule has 0 aliphatic heterocycles. The van der Waals surface area contributed by atoms with Crippen LogP contribution in [0, 0.1) is 11.8 Å². The van der Waals surface area contributed by atoms with Crippen LogP contribution in [0.25, 0.3) is 0 Å². The maximum absolute atomic E-state index is 11.9. The van der Waals surface area contributed by atoms with Gasteiger partial charge in [0.05, 0.1) is 11.4 Å². The van der Waals surface area contributed by atoms with E-state index in [1.807, 2.05) is 11.4 Å². The second-order valence-corrected chi connectivity index (χ2v) is 6.55. The van der Waals surface area contributed by atoms with Crippen LogP contribution < -0.4 is 10.6 Å². The topological polar surface area (TPSA) is 58.2 Å². The zero-order valence-electron chi connectivity index (χ0n) is 12.0. The first-order valence-corrected chi connectivity index (χ1v) is 8.07. The molecule has 20 heavy (non-hydrogen) atoms. The standard InChI is InChI=1S/C15H22N2O2S/c1-10-5-3-6-12(11(10)2)17-14(18)9-16-15(19)13-7-4-8-20-13/h4,7-8,10-12H,3,5-6,9H2,1-2H3,(H,16,19)(H,17,18)/t10-,11+,12+/m0/s1. The molecule has 0 radical (unpaired) electrons. The van der Waals surface area contributed by atoms with Crippen LogP contribution in [0.4, 0.5) is 0 Å². The van der Waals surface area contributed by atoms with Crippen molar-refractivity contribution in [3.8, 4) is 0 Å². The van der Waals surface area contributed by atoms with Crippen LogP contribution in [0.1, 0.15) is 42.8 Å². The van der Waals surface area contributed by atoms with Gasteiger partial charge in [-0.25, -0.2) is 0 Å². The van der Waals surface area contributed by atoms with E-state index in [0.29, 0.717) is 16.7 Å². The monoisotopic (exact) mass is 294 g/mol. The van der Waals surface area contributed by atoms with E-state index in [1.165, 1.54) is 17.8 Å². The number of carbonyl (C=O) groups is 2. The van der Waals surface area contributed by atoms with Crippen LogP contribution in [0.15, 0.2) is 17.5 Å². The van der Waals surface area contributed by atoms with Crippen molar-refractivity contribution in [3.63, 3.8) is 0 Å². The summed E-state index contributed by atoms with van der Waals surface area (Å²) in [5.41, 5.74) is 0. The Morgan fingerprint density at radius 3 is 2.85 bits per heavy atom. The average Bonchev–Trinajstić information content (AvgIpc) is 2.95. The third-order valence-corrected chi connectivity index (χ3v) is 5.08. The first-order valence-electron chi connectivity index (χ1n) is 7.19. The van der Waals surface area contributed by atoms with Gasteiger partial charge in [0, 0.05) is 6.04 Å². The van der Waals surface area contributed by atoms with Crippen molar-refractivity contribution in [1.82, 2.24) is 10.6 Å². The van der Waals surface area contributed by atoms with Gasteiger partial charge >= 0.3 is 0 Å². The summed E-state index contributed by atoms with van der Waals surface area (Å²) in [6.07, 6.45) is 3.44. The molecule has 2 rings (SSSR count). The molecular formula is C15H22N2O2S. The van der Waals surface area contributed by atoms with Gasteiger partial charge in [-0.3, -0.25) is 9.59 Å². The maximum atomic E-state index is 11.9. The highest BCUT2D eigenvalue weighted by Gasteiger charge is 2.28. The van der Waals surface area contributed by atoms with Gasteiger partial charge in [0.25, 0.3) is 5.91 Å². The van der Waals surface area contributed by atoms with Crippen molar-refractivity contribution in [1.29, 1.82) is 0 Å². The molecule has 1 aliphatic rings. The molecule has 1 heterocycles. The van der Waals surface area contributed by atoms with Gasteiger partial charge in [-0.05, 0) is 29.7 Å². The Morgan fingerprint density at radius 2 is 2.15 bits per heavy atom. The van der Waals surface area contributed by atoms with Gasteiger partial charge in [0.1, 0.15) is 0 Å². The third kappa shape index (κ3) is 3.82. The van der Waals surface area contributed by atoms with E-state index >= 15 is 0 Å². The summed E-state index contributed by atoms with van der Waals surface area (Å²) in [5.74, 6) is 0.872. The number of amides is 2. The van der Waals surface area contributed by atoms with Crippen molar-refractivity contribution in [2.75, 3.05) is 6.54 Å². The Labute approximate surface area is 124 Å². The molecule has 5 heteroatoms. The number of carbonyl (C=O) groups excluding carboxylic acids is 2. The Balaban J connectivity index is 1.76. The second kappa shape index (κ2) is 6.88. The van der Waals surface area contributed by atoms with E-state index in [1.54, 1.807) is 6.07 Å². The summed E-state index contributed by atoms with van der Waals surface area (Å²) < 4.78 is 0. The lowest BCUT2D eigenvalue weighted by atomic mass is 9.78. The molecule has 0 spiro atoms. The van der Waals surface area contributed by atoms with E-state index < -0.39 is 0 Å². The molecule has 0 bridgehead atoms. The first-order chi connectivity index (χ1) is 9.58. The highest BCUT2D eigenvalue weighted by Crippen LogP contribution is 2.29. The lowest BCUT2D eigenvalue weighted by Crippen LogP contribution is -2.47. The minimum absolute atomic E-state index is 0.0499. The molecule has 3 atom stereocenters. The summed E-state index contributed by atoms with van der Waals surface area (Å²) in [7, 11) is 0. The number of rotatable bonds is 4. The molecule has 1 fully saturated rings. The van der Waals surface area contributed by atoms with E-state index in [2.05, 4.69) is 24.5 Å². The Hall–Kier alpha value is -1.36. The predicted molar refractivity (Wildman–Crippen MR) is 80.8 cm³/mol. The summed E-state index contributed by atoms with van der Waals surface area (Å²) in [6, 6.07) is 3.82. The second-order valence-electron chi connectivity index (χ2n) is 5.60. The molecule has 110 valence electrons. The van der Waals surface area contributed by atoms with Crippen LogP contribution in [0.5, 0.6) is 0 Å². The van der Waals surface area contributed by atoms with Crippen LogP contribution in [-0.2, 0) is 4.79 Å². The molecule has 0 saturated heterocycles. The largest absolute Gasteiger partial charge is 0.352 e. The van der Waals surface area contributed by atoms with E-state index in [4.69, 9.17) is 0 Å². The third-order valence-electron chi connectivity index (χ3n) is 4.21.